The second-order valence-corrected chi connectivity index (χ2v) is 8.89. The first-order valence-electron chi connectivity index (χ1n) is 8.29. The van der Waals surface area contributed by atoms with Crippen LogP contribution in [0.4, 0.5) is 0 Å². The third-order valence-electron chi connectivity index (χ3n) is 4.97. The van der Waals surface area contributed by atoms with E-state index in [1.54, 1.807) is 42.5 Å². The number of benzene rings is 2. The summed E-state index contributed by atoms with van der Waals surface area (Å²) < 4.78 is 32.1. The van der Waals surface area contributed by atoms with E-state index in [4.69, 9.17) is 22.1 Å². The molecule has 0 saturated heterocycles. The van der Waals surface area contributed by atoms with E-state index in [1.165, 1.54) is 0 Å². The normalized spacial score (nSPS) is 25.7. The Bertz CT molecular complexity index is 824. The molecule has 4 nitrogen and oxygen atoms in total. The molecule has 1 aliphatic carbocycles. The highest BCUT2D eigenvalue weighted by Crippen LogP contribution is 2.63. The summed E-state index contributed by atoms with van der Waals surface area (Å²) in [5, 5.41) is 0.0233. The summed E-state index contributed by atoms with van der Waals surface area (Å²) in [7, 11) is -3.52. The van der Waals surface area contributed by atoms with Gasteiger partial charge >= 0.3 is 0 Å². The van der Waals surface area contributed by atoms with Gasteiger partial charge in [0.2, 0.25) is 0 Å². The molecule has 1 fully saturated rings. The Hall–Kier alpha value is -1.40. The van der Waals surface area contributed by atoms with Gasteiger partial charge in [0.05, 0.1) is 16.8 Å². The lowest BCUT2D eigenvalue weighted by Crippen LogP contribution is -2.29. The third kappa shape index (κ3) is 3.22. The van der Waals surface area contributed by atoms with Crippen LogP contribution < -0.4 is 5.73 Å². The molecule has 2 aromatic rings. The molecule has 0 bridgehead atoms. The fourth-order valence-corrected chi connectivity index (χ4v) is 6.23. The maximum Gasteiger partial charge on any atom is 0.182 e. The van der Waals surface area contributed by atoms with Crippen molar-refractivity contribution in [1.82, 2.24) is 0 Å². The van der Waals surface area contributed by atoms with Crippen molar-refractivity contribution in [2.75, 3.05) is 19.8 Å². The molecule has 1 aliphatic rings. The Balaban J connectivity index is 2.04. The van der Waals surface area contributed by atoms with Gasteiger partial charge in [0.25, 0.3) is 0 Å². The number of sulfone groups is 1. The number of halogens is 1. The van der Waals surface area contributed by atoms with Gasteiger partial charge in [0, 0.05) is 29.5 Å². The maximum atomic E-state index is 13.2. The lowest BCUT2D eigenvalue weighted by Gasteiger charge is -2.16. The Morgan fingerprint density at radius 1 is 1.12 bits per heavy atom. The minimum Gasteiger partial charge on any atom is -0.381 e. The first kappa shape index (κ1) is 18.4. The molecule has 2 aromatic carbocycles. The molecule has 3 unspecified atom stereocenters. The highest BCUT2D eigenvalue weighted by atomic mass is 35.5. The van der Waals surface area contributed by atoms with Crippen molar-refractivity contribution in [3.63, 3.8) is 0 Å². The van der Waals surface area contributed by atoms with Crippen molar-refractivity contribution >= 4 is 21.4 Å². The first-order valence-corrected chi connectivity index (χ1v) is 10.2. The summed E-state index contributed by atoms with van der Waals surface area (Å²) in [6.45, 7) is 2.98. The minimum atomic E-state index is -3.52. The number of rotatable bonds is 7. The van der Waals surface area contributed by atoms with Crippen molar-refractivity contribution in [2.45, 2.75) is 23.0 Å². The number of hydrogen-bond donors (Lipinski definition) is 1. The van der Waals surface area contributed by atoms with E-state index < -0.39 is 20.5 Å². The molecule has 6 heteroatoms. The second-order valence-electron chi connectivity index (χ2n) is 6.38. The molecule has 1 saturated carbocycles. The van der Waals surface area contributed by atoms with Crippen molar-refractivity contribution in [1.29, 1.82) is 0 Å². The lowest BCUT2D eigenvalue weighted by molar-refractivity contribution is 0.101. The molecule has 0 aliphatic heterocycles. The zero-order valence-electron chi connectivity index (χ0n) is 14.1. The van der Waals surface area contributed by atoms with Gasteiger partial charge in [0.15, 0.2) is 9.84 Å². The van der Waals surface area contributed by atoms with Crippen LogP contribution in [0.1, 0.15) is 18.4 Å². The molecule has 0 amide bonds. The van der Waals surface area contributed by atoms with E-state index >= 15 is 0 Å². The van der Waals surface area contributed by atoms with Gasteiger partial charge in [-0.15, -0.1) is 0 Å². The van der Waals surface area contributed by atoms with E-state index in [1.807, 2.05) is 19.1 Å². The Morgan fingerprint density at radius 2 is 1.76 bits per heavy atom. The smallest absolute Gasteiger partial charge is 0.182 e. The van der Waals surface area contributed by atoms with Crippen LogP contribution in [-0.2, 0) is 14.6 Å². The zero-order valence-corrected chi connectivity index (χ0v) is 15.6. The average molecular weight is 380 g/mol. The molecule has 0 aromatic heterocycles. The van der Waals surface area contributed by atoms with Crippen LogP contribution in [0, 0.1) is 5.41 Å². The predicted octanol–water partition coefficient (Wildman–Crippen LogP) is 3.26. The Morgan fingerprint density at radius 3 is 2.32 bits per heavy atom. The molecule has 0 spiro atoms. The molecule has 3 rings (SSSR count). The van der Waals surface area contributed by atoms with E-state index in [0.29, 0.717) is 23.1 Å². The summed E-state index contributed by atoms with van der Waals surface area (Å²) in [5.41, 5.74) is 6.38. The molecule has 0 radical (unpaired) electrons. The van der Waals surface area contributed by atoms with Gasteiger partial charge in [-0.1, -0.05) is 41.9 Å². The Kier molecular flexibility index (Phi) is 5.21. The highest BCUT2D eigenvalue weighted by Gasteiger charge is 2.70. The van der Waals surface area contributed by atoms with Crippen LogP contribution in [-0.4, -0.2) is 33.4 Å². The standard InChI is InChI=1S/C19H22ClNO3S/c1-2-24-13-19(12-21)17(14-8-10-15(20)11-9-14)18(19)25(22,23)16-6-4-3-5-7-16/h3-11,17-18H,2,12-13,21H2,1H3. The molecule has 3 atom stereocenters. The number of ether oxygens (including phenoxy) is 1. The van der Waals surface area contributed by atoms with Crippen molar-refractivity contribution in [3.8, 4) is 0 Å². The summed E-state index contributed by atoms with van der Waals surface area (Å²) in [5.74, 6) is -0.202. The average Bonchev–Trinajstić information content (AvgIpc) is 3.31. The van der Waals surface area contributed by atoms with Gasteiger partial charge in [0.1, 0.15) is 0 Å². The van der Waals surface area contributed by atoms with E-state index in [0.717, 1.165) is 5.56 Å². The molecule has 2 N–H and O–H groups in total. The lowest BCUT2D eigenvalue weighted by atomic mass is 10.00. The van der Waals surface area contributed by atoms with Crippen LogP contribution >= 0.6 is 11.6 Å². The van der Waals surface area contributed by atoms with Gasteiger partial charge in [-0.2, -0.15) is 0 Å². The van der Waals surface area contributed by atoms with E-state index in [2.05, 4.69) is 0 Å². The maximum absolute atomic E-state index is 13.2. The quantitative estimate of drug-likeness (QED) is 0.801. The molecule has 134 valence electrons. The molecular weight excluding hydrogens is 358 g/mol. The predicted molar refractivity (Wildman–Crippen MR) is 99.6 cm³/mol. The molecule has 0 heterocycles. The van der Waals surface area contributed by atoms with Crippen LogP contribution in [0.5, 0.6) is 0 Å². The Labute approximate surface area is 153 Å². The van der Waals surface area contributed by atoms with Gasteiger partial charge in [-0.25, -0.2) is 8.42 Å². The summed E-state index contributed by atoms with van der Waals surface area (Å²) in [4.78, 5) is 0.325. The topological polar surface area (TPSA) is 69.4 Å². The van der Waals surface area contributed by atoms with Crippen LogP contribution in [0.25, 0.3) is 0 Å². The summed E-state index contributed by atoms with van der Waals surface area (Å²) >= 11 is 5.98. The first-order chi connectivity index (χ1) is 12.0. The van der Waals surface area contributed by atoms with E-state index in [9.17, 15) is 8.42 Å². The molecule has 25 heavy (non-hydrogen) atoms. The SMILES string of the molecule is CCOCC1(CN)C(c2ccc(Cl)cc2)C1S(=O)(=O)c1ccccc1. The monoisotopic (exact) mass is 379 g/mol. The third-order valence-corrected chi connectivity index (χ3v) is 7.56. The minimum absolute atomic E-state index is 0.202. The largest absolute Gasteiger partial charge is 0.381 e. The molecular formula is C19H22ClNO3S. The highest BCUT2D eigenvalue weighted by molar-refractivity contribution is 7.92. The zero-order chi connectivity index (χ0) is 18.1. The van der Waals surface area contributed by atoms with Crippen molar-refractivity contribution < 1.29 is 13.2 Å². The van der Waals surface area contributed by atoms with E-state index in [-0.39, 0.29) is 12.5 Å². The van der Waals surface area contributed by atoms with Gasteiger partial charge < -0.3 is 10.5 Å². The fourth-order valence-electron chi connectivity index (χ4n) is 3.64. The van der Waals surface area contributed by atoms with Crippen molar-refractivity contribution in [2.24, 2.45) is 11.1 Å². The van der Waals surface area contributed by atoms with Crippen LogP contribution in [0.15, 0.2) is 59.5 Å². The number of hydrogen-bond acceptors (Lipinski definition) is 4. The summed E-state index contributed by atoms with van der Waals surface area (Å²) in [6.07, 6.45) is 0. The van der Waals surface area contributed by atoms with Gasteiger partial charge in [-0.05, 0) is 36.8 Å². The van der Waals surface area contributed by atoms with Gasteiger partial charge in [-0.3, -0.25) is 0 Å². The fraction of sp³-hybridized carbons (Fsp3) is 0.368. The van der Waals surface area contributed by atoms with Crippen LogP contribution in [0.2, 0.25) is 5.02 Å². The van der Waals surface area contributed by atoms with Crippen LogP contribution in [0.3, 0.4) is 0 Å². The summed E-state index contributed by atoms with van der Waals surface area (Å²) in [6, 6.07) is 15.9. The number of nitrogens with two attached hydrogens (primary N) is 1. The van der Waals surface area contributed by atoms with Crippen molar-refractivity contribution in [3.05, 3.63) is 65.2 Å². The second kappa shape index (κ2) is 7.08.